The van der Waals surface area contributed by atoms with Crippen molar-refractivity contribution in [2.24, 2.45) is 5.41 Å². The van der Waals surface area contributed by atoms with Crippen LogP contribution in [-0.2, 0) is 11.3 Å². The number of carbonyl (C=O) groups excluding carboxylic acids is 1. The summed E-state index contributed by atoms with van der Waals surface area (Å²) in [5, 5.41) is 7.41. The number of hydrogen-bond donors (Lipinski definition) is 1. The molecular formula is C17H29N5O. The van der Waals surface area contributed by atoms with Gasteiger partial charge < -0.3 is 15.1 Å². The monoisotopic (exact) mass is 319 g/mol. The molecule has 6 heteroatoms. The van der Waals surface area contributed by atoms with E-state index in [1.165, 1.54) is 19.3 Å². The normalized spacial score (nSPS) is 23.3. The van der Waals surface area contributed by atoms with Crippen LogP contribution >= 0.6 is 0 Å². The molecule has 1 aliphatic carbocycles. The molecule has 6 nitrogen and oxygen atoms in total. The highest BCUT2D eigenvalue weighted by Gasteiger charge is 2.43. The Kier molecular flexibility index (Phi) is 5.02. The Hall–Kier alpha value is -1.40. The van der Waals surface area contributed by atoms with Gasteiger partial charge in [-0.2, -0.15) is 5.10 Å². The average molecular weight is 319 g/mol. The molecule has 1 atom stereocenters. The van der Waals surface area contributed by atoms with Gasteiger partial charge in [-0.25, -0.2) is 0 Å². The summed E-state index contributed by atoms with van der Waals surface area (Å²) in [7, 11) is 4.30. The first-order chi connectivity index (χ1) is 11.1. The molecule has 1 amide bonds. The van der Waals surface area contributed by atoms with Crippen molar-refractivity contribution >= 4 is 5.91 Å². The second kappa shape index (κ2) is 7.01. The fraction of sp³-hybridized carbons (Fsp3) is 0.765. The van der Waals surface area contributed by atoms with E-state index in [0.717, 1.165) is 32.7 Å². The van der Waals surface area contributed by atoms with Gasteiger partial charge in [0.15, 0.2) is 0 Å². The maximum atomic E-state index is 12.1. The number of aromatic nitrogens is 2. The van der Waals surface area contributed by atoms with Gasteiger partial charge in [0.25, 0.3) is 0 Å². The van der Waals surface area contributed by atoms with Crippen molar-refractivity contribution in [2.75, 3.05) is 40.3 Å². The molecule has 128 valence electrons. The Bertz CT molecular complexity index is 511. The smallest absolute Gasteiger partial charge is 0.221 e. The Balaban J connectivity index is 1.35. The van der Waals surface area contributed by atoms with Crippen LogP contribution in [0.25, 0.3) is 0 Å². The number of nitrogens with one attached hydrogen (secondary N) is 1. The molecule has 0 spiro atoms. The van der Waals surface area contributed by atoms with Crippen molar-refractivity contribution in [2.45, 2.75) is 38.3 Å². The first-order valence-electron chi connectivity index (χ1n) is 8.69. The highest BCUT2D eigenvalue weighted by atomic mass is 16.1. The van der Waals surface area contributed by atoms with Crippen molar-refractivity contribution in [3.8, 4) is 0 Å². The number of carbonyl (C=O) groups is 1. The Labute approximate surface area is 138 Å². The molecule has 0 bridgehead atoms. The predicted octanol–water partition coefficient (Wildman–Crippen LogP) is 0.806. The van der Waals surface area contributed by atoms with E-state index in [1.807, 2.05) is 23.1 Å². The molecule has 2 fully saturated rings. The summed E-state index contributed by atoms with van der Waals surface area (Å²) in [5.41, 5.74) is 0.238. The summed E-state index contributed by atoms with van der Waals surface area (Å²) >= 11 is 0. The number of likely N-dealkylation sites (N-methyl/N-ethyl adjacent to an activating group) is 2. The van der Waals surface area contributed by atoms with Crippen LogP contribution in [0.5, 0.6) is 0 Å². The van der Waals surface area contributed by atoms with Crippen LogP contribution in [-0.4, -0.2) is 71.8 Å². The van der Waals surface area contributed by atoms with Crippen molar-refractivity contribution in [3.05, 3.63) is 18.5 Å². The Morgan fingerprint density at radius 2 is 2.30 bits per heavy atom. The van der Waals surface area contributed by atoms with E-state index >= 15 is 0 Å². The van der Waals surface area contributed by atoms with Crippen LogP contribution in [0, 0.1) is 5.41 Å². The average Bonchev–Trinajstić information content (AvgIpc) is 2.90. The summed E-state index contributed by atoms with van der Waals surface area (Å²) in [5.74, 6) is 0.176. The van der Waals surface area contributed by atoms with E-state index in [2.05, 4.69) is 34.3 Å². The topological polar surface area (TPSA) is 53.4 Å². The number of amides is 1. The van der Waals surface area contributed by atoms with Gasteiger partial charge in [-0.1, -0.05) is 0 Å². The molecule has 1 aromatic heterocycles. The molecule has 2 aliphatic rings. The molecule has 2 heterocycles. The fourth-order valence-corrected chi connectivity index (χ4v) is 3.41. The highest BCUT2D eigenvalue weighted by Crippen LogP contribution is 2.46. The van der Waals surface area contributed by atoms with Crippen molar-refractivity contribution < 1.29 is 4.79 Å². The van der Waals surface area contributed by atoms with Gasteiger partial charge in [-0.3, -0.25) is 9.48 Å². The third-order valence-corrected chi connectivity index (χ3v) is 5.36. The molecular weight excluding hydrogens is 290 g/mol. The standard InChI is InChI=1S/C17H29N5O/c1-20-10-4-15(12-20)21(2)11-5-16(23)18-13-17(6-7-17)14-22-9-3-8-19-22/h3,8-9,15H,4-7,10-14H2,1-2H3,(H,18,23). The van der Waals surface area contributed by atoms with Crippen LogP contribution in [0.15, 0.2) is 18.5 Å². The van der Waals surface area contributed by atoms with E-state index in [1.54, 1.807) is 0 Å². The van der Waals surface area contributed by atoms with Crippen molar-refractivity contribution in [1.82, 2.24) is 24.9 Å². The number of rotatable bonds is 8. The number of likely N-dealkylation sites (tertiary alicyclic amines) is 1. The van der Waals surface area contributed by atoms with Gasteiger partial charge in [0.1, 0.15) is 0 Å². The van der Waals surface area contributed by atoms with Gasteiger partial charge in [-0.15, -0.1) is 0 Å². The second-order valence-electron chi connectivity index (χ2n) is 7.42. The third-order valence-electron chi connectivity index (χ3n) is 5.36. The predicted molar refractivity (Wildman–Crippen MR) is 90.1 cm³/mol. The van der Waals surface area contributed by atoms with E-state index in [9.17, 15) is 4.79 Å². The number of hydrogen-bond acceptors (Lipinski definition) is 4. The van der Waals surface area contributed by atoms with E-state index < -0.39 is 0 Å². The van der Waals surface area contributed by atoms with Crippen molar-refractivity contribution in [1.29, 1.82) is 0 Å². The Morgan fingerprint density at radius 1 is 1.48 bits per heavy atom. The van der Waals surface area contributed by atoms with E-state index in [-0.39, 0.29) is 11.3 Å². The van der Waals surface area contributed by atoms with E-state index in [4.69, 9.17) is 0 Å². The summed E-state index contributed by atoms with van der Waals surface area (Å²) < 4.78 is 1.98. The molecule has 0 radical (unpaired) electrons. The van der Waals surface area contributed by atoms with E-state index in [0.29, 0.717) is 12.5 Å². The molecule has 1 saturated carbocycles. The summed E-state index contributed by atoms with van der Waals surface area (Å²) in [6.07, 6.45) is 7.97. The largest absolute Gasteiger partial charge is 0.355 e. The zero-order valence-corrected chi connectivity index (χ0v) is 14.4. The van der Waals surface area contributed by atoms with Gasteiger partial charge >= 0.3 is 0 Å². The van der Waals surface area contributed by atoms with Gasteiger partial charge in [0, 0.05) is 56.5 Å². The minimum atomic E-state index is 0.176. The minimum Gasteiger partial charge on any atom is -0.355 e. The molecule has 3 rings (SSSR count). The van der Waals surface area contributed by atoms with Crippen LogP contribution in [0.2, 0.25) is 0 Å². The van der Waals surface area contributed by atoms with Gasteiger partial charge in [0.2, 0.25) is 5.91 Å². The molecule has 23 heavy (non-hydrogen) atoms. The van der Waals surface area contributed by atoms with Gasteiger partial charge in [-0.05, 0) is 46.0 Å². The number of nitrogens with zero attached hydrogens (tertiary/aromatic N) is 4. The quantitative estimate of drug-likeness (QED) is 0.770. The highest BCUT2D eigenvalue weighted by molar-refractivity contribution is 5.76. The molecule has 1 N–H and O–H groups in total. The maximum absolute atomic E-state index is 12.1. The maximum Gasteiger partial charge on any atom is 0.221 e. The Morgan fingerprint density at radius 3 is 2.91 bits per heavy atom. The summed E-state index contributed by atoms with van der Waals surface area (Å²) in [6, 6.07) is 2.55. The molecule has 1 unspecified atom stereocenters. The van der Waals surface area contributed by atoms with Crippen LogP contribution in [0.1, 0.15) is 25.7 Å². The lowest BCUT2D eigenvalue weighted by molar-refractivity contribution is -0.121. The van der Waals surface area contributed by atoms with Crippen LogP contribution < -0.4 is 5.32 Å². The van der Waals surface area contributed by atoms with Crippen molar-refractivity contribution in [3.63, 3.8) is 0 Å². The van der Waals surface area contributed by atoms with Crippen LogP contribution in [0.3, 0.4) is 0 Å². The zero-order chi connectivity index (χ0) is 16.3. The first-order valence-corrected chi connectivity index (χ1v) is 8.69. The zero-order valence-electron chi connectivity index (χ0n) is 14.4. The summed E-state index contributed by atoms with van der Waals surface area (Å²) in [6.45, 7) is 4.81. The summed E-state index contributed by atoms with van der Waals surface area (Å²) in [4.78, 5) is 16.8. The first kappa shape index (κ1) is 16.5. The lowest BCUT2D eigenvalue weighted by Crippen LogP contribution is -2.38. The molecule has 1 aliphatic heterocycles. The fourth-order valence-electron chi connectivity index (χ4n) is 3.41. The lowest BCUT2D eigenvalue weighted by atomic mass is 10.1. The molecule has 1 saturated heterocycles. The second-order valence-corrected chi connectivity index (χ2v) is 7.42. The van der Waals surface area contributed by atoms with Gasteiger partial charge in [0.05, 0.1) is 0 Å². The lowest BCUT2D eigenvalue weighted by Gasteiger charge is -2.24. The SMILES string of the molecule is CN1CCC(N(C)CCC(=O)NCC2(Cn3cccn3)CC2)C1. The molecule has 0 aromatic carbocycles. The third kappa shape index (κ3) is 4.54. The van der Waals surface area contributed by atoms with Crippen LogP contribution in [0.4, 0.5) is 0 Å². The minimum absolute atomic E-state index is 0.176. The molecule has 1 aromatic rings.